The van der Waals surface area contributed by atoms with Crippen LogP contribution in [-0.4, -0.2) is 53.0 Å². The number of hydrogen-bond acceptors (Lipinski definition) is 7. The van der Waals surface area contributed by atoms with Crippen LogP contribution < -0.4 is 10.3 Å². The number of nitrogens with one attached hydrogen (secondary N) is 1. The highest BCUT2D eigenvalue weighted by Crippen LogP contribution is 2.34. The third kappa shape index (κ3) is 6.99. The summed E-state index contributed by atoms with van der Waals surface area (Å²) in [5, 5.41) is 1.42. The van der Waals surface area contributed by atoms with E-state index in [0.29, 0.717) is 11.7 Å². The van der Waals surface area contributed by atoms with E-state index in [1.807, 2.05) is 30.3 Å². The number of nitrogens with zero attached hydrogens (tertiary/aromatic N) is 4. The van der Waals surface area contributed by atoms with E-state index < -0.39 is 5.97 Å². The number of ether oxygens (including phenoxy) is 1. The molecule has 2 aromatic rings. The van der Waals surface area contributed by atoms with E-state index in [-0.39, 0.29) is 19.1 Å². The van der Waals surface area contributed by atoms with Crippen molar-refractivity contribution in [2.45, 2.75) is 57.6 Å². The molecule has 2 aliphatic rings. The molecule has 0 unspecified atom stereocenters. The largest absolute Gasteiger partial charge is 0.460 e. The Hall–Kier alpha value is -3.00. The van der Waals surface area contributed by atoms with Crippen molar-refractivity contribution in [1.82, 2.24) is 20.4 Å². The number of rotatable bonds is 10. The molecule has 2 aliphatic carbocycles. The zero-order chi connectivity index (χ0) is 23.0. The van der Waals surface area contributed by atoms with Gasteiger partial charge in [0.2, 0.25) is 0 Å². The molecule has 33 heavy (non-hydrogen) atoms. The summed E-state index contributed by atoms with van der Waals surface area (Å²) in [6.45, 7) is 1.14. The van der Waals surface area contributed by atoms with E-state index in [0.717, 1.165) is 23.8 Å². The van der Waals surface area contributed by atoms with Crippen LogP contribution >= 0.6 is 0 Å². The van der Waals surface area contributed by atoms with Crippen LogP contribution in [-0.2, 0) is 16.1 Å². The number of esters is 1. The topological polar surface area (TPSA) is 87.7 Å². The molecule has 1 aromatic carbocycles. The van der Waals surface area contributed by atoms with E-state index in [2.05, 4.69) is 20.3 Å². The molecule has 2 saturated carbocycles. The second-order valence-corrected chi connectivity index (χ2v) is 9.09. The van der Waals surface area contributed by atoms with Gasteiger partial charge in [-0.05, 0) is 37.2 Å². The molecule has 0 atom stereocenters. The van der Waals surface area contributed by atoms with Crippen molar-refractivity contribution in [3.8, 4) is 0 Å². The molecular formula is C25H33N5O3. The van der Waals surface area contributed by atoms with Crippen LogP contribution in [0.3, 0.4) is 0 Å². The Balaban J connectivity index is 1.32. The molecule has 0 spiro atoms. The van der Waals surface area contributed by atoms with Crippen molar-refractivity contribution in [2.75, 3.05) is 25.0 Å². The van der Waals surface area contributed by atoms with E-state index in [1.54, 1.807) is 13.1 Å². The number of benzene rings is 1. The van der Waals surface area contributed by atoms with Gasteiger partial charge in [-0.2, -0.15) is 0 Å². The third-order valence-corrected chi connectivity index (χ3v) is 6.25. The summed E-state index contributed by atoms with van der Waals surface area (Å²) in [7, 11) is 1.63. The molecule has 1 heterocycles. The Bertz CT molecular complexity index is 929. The molecule has 2 fully saturated rings. The van der Waals surface area contributed by atoms with Crippen molar-refractivity contribution in [3.05, 3.63) is 54.0 Å². The van der Waals surface area contributed by atoms with E-state index in [4.69, 9.17) is 4.74 Å². The summed E-state index contributed by atoms with van der Waals surface area (Å²) in [5.41, 5.74) is 3.92. The molecule has 1 amide bonds. The van der Waals surface area contributed by atoms with Gasteiger partial charge in [0.25, 0.3) is 5.91 Å². The normalized spacial score (nSPS) is 16.4. The lowest BCUT2D eigenvalue weighted by atomic mass is 9.94. The highest BCUT2D eigenvalue weighted by molar-refractivity contribution is 5.92. The van der Waals surface area contributed by atoms with Crippen molar-refractivity contribution >= 4 is 17.7 Å². The maximum absolute atomic E-state index is 12.8. The fourth-order valence-electron chi connectivity index (χ4n) is 4.28. The zero-order valence-corrected chi connectivity index (χ0v) is 19.3. The second-order valence-electron chi connectivity index (χ2n) is 9.09. The fourth-order valence-corrected chi connectivity index (χ4v) is 4.28. The Labute approximate surface area is 195 Å². The number of anilines is 1. The lowest BCUT2D eigenvalue weighted by Crippen LogP contribution is -2.43. The summed E-state index contributed by atoms with van der Waals surface area (Å²) in [5.74, 6) is 0.760. The van der Waals surface area contributed by atoms with Crippen LogP contribution in [0.5, 0.6) is 0 Å². The number of hydrazine groups is 1. The second kappa shape index (κ2) is 11.2. The number of carbonyl (C=O) groups excluding carboxylic acids is 2. The first-order valence-corrected chi connectivity index (χ1v) is 11.9. The average molecular weight is 452 g/mol. The smallest absolute Gasteiger partial charge is 0.322 e. The molecule has 8 nitrogen and oxygen atoms in total. The van der Waals surface area contributed by atoms with E-state index >= 15 is 0 Å². The number of likely N-dealkylation sites (N-methyl/N-ethyl adjacent to an activating group) is 1. The molecule has 1 aromatic heterocycles. The lowest BCUT2D eigenvalue weighted by Gasteiger charge is -2.35. The first-order valence-electron chi connectivity index (χ1n) is 11.9. The fraction of sp³-hybridized carbons (Fsp3) is 0.520. The van der Waals surface area contributed by atoms with Crippen molar-refractivity contribution in [2.24, 2.45) is 5.92 Å². The van der Waals surface area contributed by atoms with Gasteiger partial charge in [-0.25, -0.2) is 15.0 Å². The van der Waals surface area contributed by atoms with Crippen LogP contribution in [0, 0.1) is 5.92 Å². The number of hydrogen-bond donors (Lipinski definition) is 1. The monoisotopic (exact) mass is 451 g/mol. The highest BCUT2D eigenvalue weighted by Gasteiger charge is 2.30. The van der Waals surface area contributed by atoms with Crippen LogP contribution in [0.15, 0.2) is 42.7 Å². The van der Waals surface area contributed by atoms with Crippen LogP contribution in [0.25, 0.3) is 0 Å². The van der Waals surface area contributed by atoms with Gasteiger partial charge in [0.05, 0.1) is 0 Å². The summed E-state index contributed by atoms with van der Waals surface area (Å²) >= 11 is 0. The van der Waals surface area contributed by atoms with Gasteiger partial charge in [-0.15, -0.1) is 0 Å². The predicted molar refractivity (Wildman–Crippen MR) is 125 cm³/mol. The minimum atomic E-state index is -0.419. The van der Waals surface area contributed by atoms with E-state index in [9.17, 15) is 9.59 Å². The zero-order valence-electron chi connectivity index (χ0n) is 19.3. The molecule has 176 valence electrons. The van der Waals surface area contributed by atoms with Gasteiger partial charge in [-0.3, -0.25) is 15.0 Å². The van der Waals surface area contributed by atoms with Gasteiger partial charge in [-0.1, -0.05) is 49.6 Å². The summed E-state index contributed by atoms with van der Waals surface area (Å²) < 4.78 is 5.28. The van der Waals surface area contributed by atoms with Gasteiger partial charge in [0.15, 0.2) is 0 Å². The maximum Gasteiger partial charge on any atom is 0.322 e. The predicted octanol–water partition coefficient (Wildman–Crippen LogP) is 3.35. The summed E-state index contributed by atoms with van der Waals surface area (Å²) in [6.07, 6.45) is 10.1. The quantitative estimate of drug-likeness (QED) is 0.438. The Morgan fingerprint density at radius 1 is 1.06 bits per heavy atom. The summed E-state index contributed by atoms with van der Waals surface area (Å²) in [4.78, 5) is 36.0. The maximum atomic E-state index is 12.8. The summed E-state index contributed by atoms with van der Waals surface area (Å²) in [6, 6.07) is 11.7. The van der Waals surface area contributed by atoms with Gasteiger partial charge in [0.1, 0.15) is 31.0 Å². The first-order chi connectivity index (χ1) is 16.1. The number of carbonyl (C=O) groups is 2. The minimum absolute atomic E-state index is 0.0631. The average Bonchev–Trinajstić information content (AvgIpc) is 3.67. The number of aromatic nitrogens is 2. The standard InChI is InChI=1S/C25H33N5O3/c1-29(16-24(31)33-17-20-8-4-2-5-9-20)28-25(32)22-14-23(27-18-26-22)30(15-19-12-13-19)21-10-6-3-7-11-21/h2,4-5,8-9,14,18-19,21H,3,6-7,10-13,15-17H2,1H3,(H,28,32). The van der Waals surface area contributed by atoms with Crippen LogP contribution in [0.4, 0.5) is 5.82 Å². The first kappa shape index (κ1) is 23.2. The Kier molecular flexibility index (Phi) is 7.88. The SMILES string of the molecule is CN(CC(=O)OCc1ccccc1)NC(=O)c1cc(N(CC2CC2)C2CCCCC2)ncn1. The Morgan fingerprint density at radius 2 is 1.82 bits per heavy atom. The highest BCUT2D eigenvalue weighted by atomic mass is 16.5. The molecule has 4 rings (SSSR count). The molecule has 1 N–H and O–H groups in total. The Morgan fingerprint density at radius 3 is 2.55 bits per heavy atom. The molecule has 0 radical (unpaired) electrons. The van der Waals surface area contributed by atoms with Gasteiger partial charge >= 0.3 is 5.97 Å². The molecule has 0 bridgehead atoms. The molecule has 0 aliphatic heterocycles. The minimum Gasteiger partial charge on any atom is -0.460 e. The van der Waals surface area contributed by atoms with Crippen molar-refractivity contribution in [3.63, 3.8) is 0 Å². The van der Waals surface area contributed by atoms with E-state index in [1.165, 1.54) is 56.3 Å². The molecule has 0 saturated heterocycles. The lowest BCUT2D eigenvalue weighted by molar-refractivity contribution is -0.146. The van der Waals surface area contributed by atoms with Crippen LogP contribution in [0.2, 0.25) is 0 Å². The van der Waals surface area contributed by atoms with Crippen molar-refractivity contribution < 1.29 is 14.3 Å². The molecular weight excluding hydrogens is 418 g/mol. The van der Waals surface area contributed by atoms with Gasteiger partial charge in [0, 0.05) is 25.7 Å². The number of amides is 1. The van der Waals surface area contributed by atoms with Crippen LogP contribution in [0.1, 0.15) is 61.0 Å². The third-order valence-electron chi connectivity index (χ3n) is 6.25. The van der Waals surface area contributed by atoms with Gasteiger partial charge < -0.3 is 9.64 Å². The van der Waals surface area contributed by atoms with Crippen molar-refractivity contribution in [1.29, 1.82) is 0 Å². The molecule has 8 heteroatoms.